The van der Waals surface area contributed by atoms with E-state index >= 15 is 0 Å². The molecule has 4 rings (SSSR count). The van der Waals surface area contributed by atoms with Crippen LogP contribution in [0.3, 0.4) is 0 Å². The molecule has 2 aromatic rings. The van der Waals surface area contributed by atoms with Crippen LogP contribution in [0.4, 0.5) is 5.69 Å². The Kier molecular flexibility index (Phi) is 6.32. The van der Waals surface area contributed by atoms with Crippen LogP contribution in [0.1, 0.15) is 19.3 Å². The van der Waals surface area contributed by atoms with Crippen LogP contribution >= 0.6 is 11.6 Å². The summed E-state index contributed by atoms with van der Waals surface area (Å²) in [6, 6.07) is 15.5. The first kappa shape index (κ1) is 21.2. The summed E-state index contributed by atoms with van der Waals surface area (Å²) in [6.07, 6.45) is 2.21. The van der Waals surface area contributed by atoms with Crippen molar-refractivity contribution >= 4 is 33.2 Å². The number of carbonyl (C=O) groups is 1. The molecule has 0 saturated carbocycles. The third-order valence-corrected chi connectivity index (χ3v) is 8.01. The van der Waals surface area contributed by atoms with Gasteiger partial charge in [-0.05, 0) is 43.2 Å². The number of amides is 1. The molecule has 6 nitrogen and oxygen atoms in total. The maximum atomic E-state index is 13.3. The lowest BCUT2D eigenvalue weighted by atomic mass is 10.0. The van der Waals surface area contributed by atoms with Crippen molar-refractivity contribution in [3.05, 3.63) is 59.6 Å². The number of halogens is 1. The molecule has 8 heteroatoms. The number of sulfonamides is 1. The van der Waals surface area contributed by atoms with Gasteiger partial charge in [0.15, 0.2) is 0 Å². The molecule has 0 bridgehead atoms. The molecule has 0 aliphatic carbocycles. The Morgan fingerprint density at radius 2 is 1.63 bits per heavy atom. The van der Waals surface area contributed by atoms with E-state index in [2.05, 4.69) is 4.90 Å². The molecule has 1 unspecified atom stereocenters. The lowest BCUT2D eigenvalue weighted by molar-refractivity contribution is -0.136. The van der Waals surface area contributed by atoms with Gasteiger partial charge in [-0.25, -0.2) is 8.42 Å². The minimum Gasteiger partial charge on any atom is -0.368 e. The second-order valence-corrected chi connectivity index (χ2v) is 10.1. The fourth-order valence-corrected chi connectivity index (χ4v) is 6.09. The fourth-order valence-electron chi connectivity index (χ4n) is 4.24. The summed E-state index contributed by atoms with van der Waals surface area (Å²) in [7, 11) is -3.69. The lowest BCUT2D eigenvalue weighted by Gasteiger charge is -2.40. The molecule has 30 heavy (non-hydrogen) atoms. The van der Waals surface area contributed by atoms with Crippen molar-refractivity contribution in [3.63, 3.8) is 0 Å². The molecule has 2 fully saturated rings. The average molecular weight is 448 g/mol. The predicted molar refractivity (Wildman–Crippen MR) is 118 cm³/mol. The van der Waals surface area contributed by atoms with Crippen LogP contribution in [0.15, 0.2) is 59.5 Å². The van der Waals surface area contributed by atoms with Gasteiger partial charge in [0.1, 0.15) is 6.04 Å². The molecule has 0 spiro atoms. The van der Waals surface area contributed by atoms with Crippen LogP contribution in [0.25, 0.3) is 0 Å². The van der Waals surface area contributed by atoms with E-state index in [4.69, 9.17) is 11.6 Å². The molecule has 0 N–H and O–H groups in total. The Morgan fingerprint density at radius 1 is 0.900 bits per heavy atom. The second-order valence-electron chi connectivity index (χ2n) is 7.73. The van der Waals surface area contributed by atoms with Gasteiger partial charge in [0.2, 0.25) is 15.9 Å². The van der Waals surface area contributed by atoms with Gasteiger partial charge in [-0.1, -0.05) is 42.3 Å². The van der Waals surface area contributed by atoms with Crippen molar-refractivity contribution in [2.24, 2.45) is 0 Å². The minimum atomic E-state index is -3.69. The Bertz CT molecular complexity index is 992. The Balaban J connectivity index is 1.47. The number of piperazine rings is 1. The summed E-state index contributed by atoms with van der Waals surface area (Å²) >= 11 is 6.10. The number of rotatable bonds is 4. The third-order valence-electron chi connectivity index (χ3n) is 5.85. The molecular weight excluding hydrogens is 422 g/mol. The number of hydrogen-bond donors (Lipinski definition) is 0. The zero-order valence-electron chi connectivity index (χ0n) is 16.8. The molecule has 0 radical (unpaired) electrons. The molecule has 0 aromatic heterocycles. The predicted octanol–water partition coefficient (Wildman–Crippen LogP) is 3.23. The number of carbonyl (C=O) groups excluding carboxylic acids is 1. The molecule has 1 atom stereocenters. The maximum Gasteiger partial charge on any atom is 0.243 e. The quantitative estimate of drug-likeness (QED) is 0.722. The van der Waals surface area contributed by atoms with E-state index in [1.165, 1.54) is 4.31 Å². The summed E-state index contributed by atoms with van der Waals surface area (Å²) < 4.78 is 27.8. The minimum absolute atomic E-state index is 0.0834. The van der Waals surface area contributed by atoms with E-state index in [0.717, 1.165) is 18.5 Å². The molecule has 1 amide bonds. The summed E-state index contributed by atoms with van der Waals surface area (Å²) in [6.45, 7) is 2.92. The molecule has 2 aliphatic heterocycles. The van der Waals surface area contributed by atoms with Crippen LogP contribution in [-0.4, -0.2) is 62.3 Å². The van der Waals surface area contributed by atoms with Crippen LogP contribution in [0.5, 0.6) is 0 Å². The third kappa shape index (κ3) is 4.33. The lowest BCUT2D eigenvalue weighted by Crippen LogP contribution is -2.57. The van der Waals surface area contributed by atoms with E-state index in [9.17, 15) is 13.2 Å². The van der Waals surface area contributed by atoms with Gasteiger partial charge in [0, 0.05) is 43.4 Å². The van der Waals surface area contributed by atoms with Gasteiger partial charge in [-0.2, -0.15) is 4.31 Å². The largest absolute Gasteiger partial charge is 0.368 e. The highest BCUT2D eigenvalue weighted by Gasteiger charge is 2.39. The molecule has 2 aromatic carbocycles. The Labute approximate surface area is 183 Å². The van der Waals surface area contributed by atoms with Gasteiger partial charge in [0.25, 0.3) is 0 Å². The smallest absolute Gasteiger partial charge is 0.243 e. The van der Waals surface area contributed by atoms with Gasteiger partial charge in [0.05, 0.1) is 4.90 Å². The van der Waals surface area contributed by atoms with Gasteiger partial charge in [-0.3, -0.25) is 4.79 Å². The Hall–Kier alpha value is -2.09. The van der Waals surface area contributed by atoms with Crippen molar-refractivity contribution < 1.29 is 13.2 Å². The van der Waals surface area contributed by atoms with E-state index in [0.29, 0.717) is 44.2 Å². The van der Waals surface area contributed by atoms with Crippen molar-refractivity contribution in [2.45, 2.75) is 30.2 Å². The van der Waals surface area contributed by atoms with Crippen molar-refractivity contribution in [1.29, 1.82) is 0 Å². The molecule has 2 heterocycles. The van der Waals surface area contributed by atoms with E-state index in [1.54, 1.807) is 30.3 Å². The highest BCUT2D eigenvalue weighted by molar-refractivity contribution is 7.89. The van der Waals surface area contributed by atoms with Gasteiger partial charge >= 0.3 is 0 Å². The fraction of sp³-hybridized carbons (Fsp3) is 0.409. The van der Waals surface area contributed by atoms with Crippen molar-refractivity contribution in [2.75, 3.05) is 37.6 Å². The first-order chi connectivity index (χ1) is 14.5. The summed E-state index contributed by atoms with van der Waals surface area (Å²) in [5, 5.41) is 0.690. The highest BCUT2D eigenvalue weighted by atomic mass is 35.5. The number of benzene rings is 2. The van der Waals surface area contributed by atoms with E-state index in [-0.39, 0.29) is 10.8 Å². The Morgan fingerprint density at radius 3 is 2.33 bits per heavy atom. The van der Waals surface area contributed by atoms with Crippen LogP contribution < -0.4 is 4.90 Å². The number of hydrogen-bond acceptors (Lipinski definition) is 4. The molecule has 160 valence electrons. The SMILES string of the molecule is O=C(C1CCCCN1S(=O)(=O)c1ccccc1)N1CCN(c2cccc(Cl)c2)CC1. The number of nitrogens with zero attached hydrogens (tertiary/aromatic N) is 3. The maximum absolute atomic E-state index is 13.3. The summed E-state index contributed by atoms with van der Waals surface area (Å²) in [5.74, 6) is -0.0834. The first-order valence-corrected chi connectivity index (χ1v) is 12.1. The summed E-state index contributed by atoms with van der Waals surface area (Å²) in [4.78, 5) is 17.6. The second kappa shape index (κ2) is 8.96. The van der Waals surface area contributed by atoms with E-state index < -0.39 is 16.1 Å². The van der Waals surface area contributed by atoms with Crippen LogP contribution in [0.2, 0.25) is 5.02 Å². The molecule has 2 aliphatic rings. The van der Waals surface area contributed by atoms with Crippen molar-refractivity contribution in [1.82, 2.24) is 9.21 Å². The normalized spacial score (nSPS) is 20.9. The van der Waals surface area contributed by atoms with E-state index in [1.807, 2.05) is 29.2 Å². The van der Waals surface area contributed by atoms with Crippen molar-refractivity contribution in [3.8, 4) is 0 Å². The summed E-state index contributed by atoms with van der Waals surface area (Å²) in [5.41, 5.74) is 1.04. The van der Waals surface area contributed by atoms with Crippen LogP contribution in [0, 0.1) is 0 Å². The monoisotopic (exact) mass is 447 g/mol. The average Bonchev–Trinajstić information content (AvgIpc) is 2.79. The van der Waals surface area contributed by atoms with Crippen LogP contribution in [-0.2, 0) is 14.8 Å². The van der Waals surface area contributed by atoms with Gasteiger partial charge < -0.3 is 9.80 Å². The zero-order valence-corrected chi connectivity index (χ0v) is 18.4. The van der Waals surface area contributed by atoms with Gasteiger partial charge in [-0.15, -0.1) is 0 Å². The molecular formula is C22H26ClN3O3S. The highest BCUT2D eigenvalue weighted by Crippen LogP contribution is 2.27. The zero-order chi connectivity index (χ0) is 21.1. The molecule has 2 saturated heterocycles. The number of piperidine rings is 1. The number of anilines is 1. The topological polar surface area (TPSA) is 60.9 Å². The first-order valence-electron chi connectivity index (χ1n) is 10.3. The standard InChI is InChI=1S/C22H26ClN3O3S/c23-18-7-6-8-19(17-18)24-13-15-25(16-14-24)22(27)21-11-4-5-12-26(21)30(28,29)20-9-2-1-3-10-20/h1-3,6-10,17,21H,4-5,11-16H2.